The summed E-state index contributed by atoms with van der Waals surface area (Å²) in [5, 5.41) is 1.29. The van der Waals surface area contributed by atoms with Crippen LogP contribution in [0.25, 0.3) is 11.0 Å². The summed E-state index contributed by atoms with van der Waals surface area (Å²) in [4.78, 5) is 0. The Balaban J connectivity index is 3.01. The van der Waals surface area contributed by atoms with Gasteiger partial charge in [0.2, 0.25) is 0 Å². The van der Waals surface area contributed by atoms with Crippen molar-refractivity contribution in [3.63, 3.8) is 0 Å². The molecule has 0 fully saturated rings. The Morgan fingerprint density at radius 1 is 0.560 bits per heavy atom. The fourth-order valence-corrected chi connectivity index (χ4v) is 3.66. The summed E-state index contributed by atoms with van der Waals surface area (Å²) in [5.41, 5.74) is 5.45. The first-order chi connectivity index (χ1) is 10.9. The molecule has 0 N–H and O–H groups in total. The molecule has 0 saturated carbocycles. The quantitative estimate of drug-likeness (QED) is 0.480. The Labute approximate surface area is 155 Å². The average Bonchev–Trinajstić information content (AvgIpc) is 2.72. The molecule has 0 aliphatic rings. The third kappa shape index (κ3) is 3.81. The van der Waals surface area contributed by atoms with E-state index in [-0.39, 0.29) is 21.7 Å². The van der Waals surface area contributed by atoms with E-state index < -0.39 is 0 Å². The molecule has 0 bridgehead atoms. The van der Waals surface area contributed by atoms with Gasteiger partial charge in [0, 0.05) is 16.4 Å². The smallest absolute Gasteiger partial charge is 0.134 e. The first kappa shape index (κ1) is 20.1. The van der Waals surface area contributed by atoms with E-state index in [9.17, 15) is 0 Å². The molecule has 2 aromatic rings. The zero-order chi connectivity index (χ0) is 19.6. The SMILES string of the molecule is CC(C)(C)c1cc2oc(C(C)(C)C)c(C(C)(C)C)c2cc1C(C)(C)C. The van der Waals surface area contributed by atoms with Crippen molar-refractivity contribution in [1.82, 2.24) is 0 Å². The fourth-order valence-electron chi connectivity index (χ4n) is 3.66. The molecule has 25 heavy (non-hydrogen) atoms. The van der Waals surface area contributed by atoms with E-state index >= 15 is 0 Å². The molecule has 1 nitrogen and oxygen atoms in total. The van der Waals surface area contributed by atoms with Crippen LogP contribution in [0.2, 0.25) is 0 Å². The molecule has 0 atom stereocenters. The molecule has 1 heterocycles. The van der Waals surface area contributed by atoms with E-state index in [2.05, 4.69) is 95.2 Å². The molecular weight excluding hydrogens is 304 g/mol. The Morgan fingerprint density at radius 2 is 1.00 bits per heavy atom. The van der Waals surface area contributed by atoms with Gasteiger partial charge in [0.1, 0.15) is 11.3 Å². The van der Waals surface area contributed by atoms with Crippen LogP contribution in [0.1, 0.15) is 106 Å². The van der Waals surface area contributed by atoms with Gasteiger partial charge < -0.3 is 4.42 Å². The summed E-state index contributed by atoms with van der Waals surface area (Å²) < 4.78 is 6.49. The highest BCUT2D eigenvalue weighted by molar-refractivity contribution is 5.86. The molecule has 0 spiro atoms. The minimum absolute atomic E-state index is 0.00851. The highest BCUT2D eigenvalue weighted by atomic mass is 16.3. The van der Waals surface area contributed by atoms with Gasteiger partial charge in [-0.3, -0.25) is 0 Å². The van der Waals surface area contributed by atoms with Crippen molar-refractivity contribution < 1.29 is 4.42 Å². The first-order valence-corrected chi connectivity index (χ1v) is 9.56. The van der Waals surface area contributed by atoms with Gasteiger partial charge in [0.15, 0.2) is 0 Å². The third-order valence-corrected chi connectivity index (χ3v) is 4.88. The van der Waals surface area contributed by atoms with Crippen LogP contribution in [0.15, 0.2) is 16.5 Å². The van der Waals surface area contributed by atoms with E-state index in [1.54, 1.807) is 0 Å². The van der Waals surface area contributed by atoms with Crippen molar-refractivity contribution in [2.45, 2.75) is 105 Å². The largest absolute Gasteiger partial charge is 0.460 e. The maximum atomic E-state index is 6.49. The Hall–Kier alpha value is -1.24. The average molecular weight is 343 g/mol. The van der Waals surface area contributed by atoms with Crippen LogP contribution in [0.5, 0.6) is 0 Å². The molecule has 1 heteroatoms. The second kappa shape index (κ2) is 5.63. The highest BCUT2D eigenvalue weighted by Crippen LogP contribution is 2.44. The molecule has 140 valence electrons. The number of hydrogen-bond donors (Lipinski definition) is 0. The maximum absolute atomic E-state index is 6.49. The lowest BCUT2D eigenvalue weighted by Gasteiger charge is -2.30. The molecule has 0 unspecified atom stereocenters. The predicted molar refractivity (Wildman–Crippen MR) is 111 cm³/mol. The normalized spacial score (nSPS) is 14.4. The number of benzene rings is 1. The molecule has 2 rings (SSSR count). The highest BCUT2D eigenvalue weighted by Gasteiger charge is 2.34. The van der Waals surface area contributed by atoms with Gasteiger partial charge in [0.25, 0.3) is 0 Å². The lowest BCUT2D eigenvalue weighted by atomic mass is 9.73. The van der Waals surface area contributed by atoms with Crippen LogP contribution < -0.4 is 0 Å². The monoisotopic (exact) mass is 342 g/mol. The molecular formula is C24H38O. The zero-order valence-corrected chi connectivity index (χ0v) is 18.6. The topological polar surface area (TPSA) is 13.1 Å². The van der Waals surface area contributed by atoms with Gasteiger partial charge in [-0.1, -0.05) is 83.1 Å². The summed E-state index contributed by atoms with van der Waals surface area (Å²) >= 11 is 0. The minimum Gasteiger partial charge on any atom is -0.460 e. The van der Waals surface area contributed by atoms with Gasteiger partial charge in [-0.25, -0.2) is 0 Å². The second-order valence-electron chi connectivity index (χ2n) is 11.7. The Kier molecular flexibility index (Phi) is 4.52. The molecule has 0 radical (unpaired) electrons. The molecule has 1 aromatic carbocycles. The standard InChI is InChI=1S/C24H38O/c1-21(2,3)16-13-15-18(14-17(16)22(4,5)6)25-20(24(10,11)12)19(15)23(7,8)9/h13-14H,1-12H3. The van der Waals surface area contributed by atoms with Gasteiger partial charge in [0.05, 0.1) is 0 Å². The van der Waals surface area contributed by atoms with Crippen molar-refractivity contribution >= 4 is 11.0 Å². The van der Waals surface area contributed by atoms with Crippen LogP contribution in [0.3, 0.4) is 0 Å². The number of furan rings is 1. The van der Waals surface area contributed by atoms with E-state index in [0.717, 1.165) is 11.3 Å². The molecule has 0 saturated heterocycles. The van der Waals surface area contributed by atoms with Crippen molar-refractivity contribution in [1.29, 1.82) is 0 Å². The Morgan fingerprint density at radius 3 is 1.36 bits per heavy atom. The summed E-state index contributed by atoms with van der Waals surface area (Å²) in [6.45, 7) is 27.4. The second-order valence-corrected chi connectivity index (χ2v) is 11.7. The maximum Gasteiger partial charge on any atom is 0.134 e. The van der Waals surface area contributed by atoms with Crippen molar-refractivity contribution in [3.05, 3.63) is 34.6 Å². The van der Waals surface area contributed by atoms with Crippen LogP contribution in [0, 0.1) is 0 Å². The third-order valence-electron chi connectivity index (χ3n) is 4.88. The fraction of sp³-hybridized carbons (Fsp3) is 0.667. The minimum atomic E-state index is -0.00851. The number of hydrogen-bond acceptors (Lipinski definition) is 1. The van der Waals surface area contributed by atoms with Crippen molar-refractivity contribution in [3.8, 4) is 0 Å². The van der Waals surface area contributed by atoms with E-state index in [1.165, 1.54) is 22.1 Å². The Bertz CT molecular complexity index is 763. The van der Waals surface area contributed by atoms with Crippen molar-refractivity contribution in [2.24, 2.45) is 0 Å². The van der Waals surface area contributed by atoms with Gasteiger partial charge in [-0.05, 0) is 39.5 Å². The van der Waals surface area contributed by atoms with Crippen LogP contribution >= 0.6 is 0 Å². The van der Waals surface area contributed by atoms with Gasteiger partial charge in [-0.2, -0.15) is 0 Å². The van der Waals surface area contributed by atoms with Crippen LogP contribution in [-0.2, 0) is 21.7 Å². The lowest BCUT2D eigenvalue weighted by Crippen LogP contribution is -2.22. The van der Waals surface area contributed by atoms with E-state index in [0.29, 0.717) is 0 Å². The summed E-state index contributed by atoms with van der Waals surface area (Å²) in [6.07, 6.45) is 0. The van der Waals surface area contributed by atoms with Gasteiger partial charge in [-0.15, -0.1) is 0 Å². The van der Waals surface area contributed by atoms with Crippen molar-refractivity contribution in [2.75, 3.05) is 0 Å². The molecule has 0 aliphatic carbocycles. The van der Waals surface area contributed by atoms with E-state index in [4.69, 9.17) is 4.42 Å². The zero-order valence-electron chi connectivity index (χ0n) is 18.6. The van der Waals surface area contributed by atoms with Crippen LogP contribution in [-0.4, -0.2) is 0 Å². The molecule has 0 aliphatic heterocycles. The van der Waals surface area contributed by atoms with Crippen LogP contribution in [0.4, 0.5) is 0 Å². The summed E-state index contributed by atoms with van der Waals surface area (Å²) in [7, 11) is 0. The summed E-state index contributed by atoms with van der Waals surface area (Å²) in [5.74, 6) is 1.13. The first-order valence-electron chi connectivity index (χ1n) is 9.56. The predicted octanol–water partition coefficient (Wildman–Crippen LogP) is 7.62. The summed E-state index contributed by atoms with van der Waals surface area (Å²) in [6, 6.07) is 4.72. The number of rotatable bonds is 0. The number of fused-ring (bicyclic) bond motifs is 1. The molecule has 0 amide bonds. The molecule has 1 aromatic heterocycles. The van der Waals surface area contributed by atoms with E-state index in [1.807, 2.05) is 0 Å². The lowest BCUT2D eigenvalue weighted by molar-refractivity contribution is 0.409. The van der Waals surface area contributed by atoms with Gasteiger partial charge >= 0.3 is 0 Å².